The second kappa shape index (κ2) is 5.66. The fraction of sp³-hybridized carbons (Fsp3) is 0.125. The van der Waals surface area contributed by atoms with E-state index in [2.05, 4.69) is 10.1 Å². The highest BCUT2D eigenvalue weighted by molar-refractivity contribution is 7.97. The SMILES string of the molecule is Clc1ccc(C2CSN3N=C(c4ccccc4)OC3=N2)cc1. The van der Waals surface area contributed by atoms with Crippen LogP contribution in [0.3, 0.4) is 0 Å². The number of hydrazone groups is 1. The van der Waals surface area contributed by atoms with Gasteiger partial charge in [0.25, 0.3) is 0 Å². The molecule has 0 fully saturated rings. The Morgan fingerprint density at radius 1 is 1.09 bits per heavy atom. The van der Waals surface area contributed by atoms with Crippen LogP contribution in [-0.4, -0.2) is 22.1 Å². The van der Waals surface area contributed by atoms with Crippen LogP contribution in [0.4, 0.5) is 0 Å². The smallest absolute Gasteiger partial charge is 0.327 e. The Morgan fingerprint density at radius 2 is 1.86 bits per heavy atom. The van der Waals surface area contributed by atoms with Crippen molar-refractivity contribution in [2.45, 2.75) is 6.04 Å². The predicted molar refractivity (Wildman–Crippen MR) is 90.0 cm³/mol. The van der Waals surface area contributed by atoms with Gasteiger partial charge in [-0.25, -0.2) is 4.99 Å². The third kappa shape index (κ3) is 2.58. The van der Waals surface area contributed by atoms with E-state index in [1.807, 2.05) is 54.6 Å². The van der Waals surface area contributed by atoms with Gasteiger partial charge in [-0.2, -0.15) is 4.41 Å². The molecule has 2 aliphatic heterocycles. The third-order valence-corrected chi connectivity index (χ3v) is 4.63. The molecule has 110 valence electrons. The molecule has 2 aromatic carbocycles. The van der Waals surface area contributed by atoms with Crippen LogP contribution in [0, 0.1) is 0 Å². The van der Waals surface area contributed by atoms with Gasteiger partial charge in [0.15, 0.2) is 0 Å². The summed E-state index contributed by atoms with van der Waals surface area (Å²) in [5, 5.41) is 5.19. The van der Waals surface area contributed by atoms with Crippen molar-refractivity contribution in [2.24, 2.45) is 10.1 Å². The second-order valence-electron chi connectivity index (χ2n) is 4.92. The second-order valence-corrected chi connectivity index (χ2v) is 6.29. The maximum Gasteiger partial charge on any atom is 0.327 e. The molecule has 2 heterocycles. The fourth-order valence-corrected chi connectivity index (χ4v) is 3.30. The zero-order valence-electron chi connectivity index (χ0n) is 11.5. The molecule has 6 heteroatoms. The number of rotatable bonds is 2. The summed E-state index contributed by atoms with van der Waals surface area (Å²) in [6.45, 7) is 0. The molecule has 4 nitrogen and oxygen atoms in total. The van der Waals surface area contributed by atoms with E-state index < -0.39 is 0 Å². The van der Waals surface area contributed by atoms with Crippen molar-refractivity contribution < 1.29 is 4.74 Å². The first kappa shape index (κ1) is 13.7. The highest BCUT2D eigenvalue weighted by Crippen LogP contribution is 2.33. The minimum absolute atomic E-state index is 0.0545. The van der Waals surface area contributed by atoms with Gasteiger partial charge in [-0.15, -0.1) is 5.10 Å². The minimum atomic E-state index is 0.0545. The van der Waals surface area contributed by atoms with Gasteiger partial charge >= 0.3 is 6.02 Å². The fourth-order valence-electron chi connectivity index (χ4n) is 2.30. The normalized spacial score (nSPS) is 20.0. The molecule has 0 amide bonds. The molecule has 0 saturated heterocycles. The first-order valence-electron chi connectivity index (χ1n) is 6.88. The van der Waals surface area contributed by atoms with E-state index in [9.17, 15) is 0 Å². The highest BCUT2D eigenvalue weighted by Gasteiger charge is 2.31. The average Bonchev–Trinajstić information content (AvgIpc) is 2.99. The van der Waals surface area contributed by atoms with Crippen molar-refractivity contribution in [1.29, 1.82) is 0 Å². The van der Waals surface area contributed by atoms with Gasteiger partial charge in [0.2, 0.25) is 5.90 Å². The first-order chi connectivity index (χ1) is 10.8. The first-order valence-corrected chi connectivity index (χ1v) is 8.20. The molecular formula is C16H12ClN3OS. The van der Waals surface area contributed by atoms with Gasteiger partial charge in [0, 0.05) is 16.3 Å². The molecule has 2 aromatic rings. The molecule has 0 spiro atoms. The van der Waals surface area contributed by atoms with E-state index in [0.29, 0.717) is 11.9 Å². The van der Waals surface area contributed by atoms with Crippen molar-refractivity contribution in [1.82, 2.24) is 4.41 Å². The van der Waals surface area contributed by atoms with Gasteiger partial charge < -0.3 is 4.74 Å². The summed E-state index contributed by atoms with van der Waals surface area (Å²) in [4.78, 5) is 4.66. The van der Waals surface area contributed by atoms with Crippen LogP contribution >= 0.6 is 23.5 Å². The monoisotopic (exact) mass is 329 g/mol. The van der Waals surface area contributed by atoms with Crippen molar-refractivity contribution in [3.05, 3.63) is 70.7 Å². The molecular weight excluding hydrogens is 318 g/mol. The number of hydrogen-bond acceptors (Lipinski definition) is 5. The van der Waals surface area contributed by atoms with E-state index in [1.54, 1.807) is 16.4 Å². The molecule has 0 aliphatic carbocycles. The molecule has 1 unspecified atom stereocenters. The van der Waals surface area contributed by atoms with Gasteiger partial charge in [-0.1, -0.05) is 41.9 Å². The predicted octanol–water partition coefficient (Wildman–Crippen LogP) is 4.09. The third-order valence-electron chi connectivity index (χ3n) is 3.43. The number of hydrogen-bond donors (Lipinski definition) is 0. The van der Waals surface area contributed by atoms with Crippen molar-refractivity contribution in [3.63, 3.8) is 0 Å². The van der Waals surface area contributed by atoms with Crippen LogP contribution in [0.2, 0.25) is 5.02 Å². The summed E-state index contributed by atoms with van der Waals surface area (Å²) in [5.74, 6) is 1.41. The lowest BCUT2D eigenvalue weighted by Gasteiger charge is -2.22. The number of aliphatic imine (C=N–C) groups is 1. The highest BCUT2D eigenvalue weighted by atomic mass is 35.5. The molecule has 2 aliphatic rings. The quantitative estimate of drug-likeness (QED) is 0.779. The number of nitrogens with zero attached hydrogens (tertiary/aromatic N) is 3. The Hall–Kier alpha value is -1.98. The summed E-state index contributed by atoms with van der Waals surface area (Å²) in [7, 11) is 0. The van der Waals surface area contributed by atoms with E-state index in [-0.39, 0.29) is 6.04 Å². The lowest BCUT2D eigenvalue weighted by molar-refractivity contribution is 0.506. The Bertz CT molecular complexity index is 746. The summed E-state index contributed by atoms with van der Waals surface area (Å²) in [5.41, 5.74) is 2.07. The topological polar surface area (TPSA) is 37.2 Å². The van der Waals surface area contributed by atoms with Crippen molar-refractivity contribution >= 4 is 35.5 Å². The van der Waals surface area contributed by atoms with Gasteiger partial charge in [0.1, 0.15) is 0 Å². The Morgan fingerprint density at radius 3 is 2.64 bits per heavy atom. The van der Waals surface area contributed by atoms with E-state index in [1.165, 1.54) is 0 Å². The van der Waals surface area contributed by atoms with Crippen LogP contribution in [0.25, 0.3) is 0 Å². The maximum absolute atomic E-state index is 5.93. The van der Waals surface area contributed by atoms with Gasteiger partial charge in [0.05, 0.1) is 6.04 Å². The Labute approximate surface area is 137 Å². The Kier molecular flexibility index (Phi) is 3.52. The number of halogens is 1. The van der Waals surface area contributed by atoms with Crippen LogP contribution < -0.4 is 0 Å². The average molecular weight is 330 g/mol. The molecule has 4 rings (SSSR count). The molecule has 0 saturated carbocycles. The largest absolute Gasteiger partial charge is 0.403 e. The summed E-state index contributed by atoms with van der Waals surface area (Å²) in [6, 6.07) is 18.2. The summed E-state index contributed by atoms with van der Waals surface area (Å²) < 4.78 is 7.55. The summed E-state index contributed by atoms with van der Waals surface area (Å²) >= 11 is 7.53. The number of amidine groups is 1. The van der Waals surface area contributed by atoms with E-state index in [4.69, 9.17) is 16.3 Å². The molecule has 0 aromatic heterocycles. The molecule has 0 radical (unpaired) electrons. The molecule has 0 N–H and O–H groups in total. The van der Waals surface area contributed by atoms with Crippen molar-refractivity contribution in [3.8, 4) is 0 Å². The van der Waals surface area contributed by atoms with Crippen LogP contribution in [0.15, 0.2) is 64.7 Å². The lowest BCUT2D eigenvalue weighted by Crippen LogP contribution is -2.23. The molecule has 0 bridgehead atoms. The minimum Gasteiger partial charge on any atom is -0.403 e. The van der Waals surface area contributed by atoms with E-state index in [0.717, 1.165) is 21.9 Å². The van der Waals surface area contributed by atoms with Crippen LogP contribution in [0.5, 0.6) is 0 Å². The number of ether oxygens (including phenoxy) is 1. The van der Waals surface area contributed by atoms with Crippen LogP contribution in [-0.2, 0) is 4.74 Å². The van der Waals surface area contributed by atoms with E-state index >= 15 is 0 Å². The lowest BCUT2D eigenvalue weighted by atomic mass is 10.1. The number of benzene rings is 2. The van der Waals surface area contributed by atoms with Crippen LogP contribution in [0.1, 0.15) is 17.2 Å². The van der Waals surface area contributed by atoms with Gasteiger partial charge in [-0.3, -0.25) is 0 Å². The van der Waals surface area contributed by atoms with Crippen molar-refractivity contribution in [2.75, 3.05) is 5.75 Å². The zero-order chi connectivity index (χ0) is 14.9. The number of fused-ring (bicyclic) bond motifs is 1. The van der Waals surface area contributed by atoms with Gasteiger partial charge in [-0.05, 0) is 41.8 Å². The standard InChI is InChI=1S/C16H12ClN3OS/c17-13-8-6-11(7-9-13)14-10-22-20-16(18-14)21-15(19-20)12-4-2-1-3-5-12/h1-9,14H,10H2. The summed E-state index contributed by atoms with van der Waals surface area (Å²) in [6.07, 6.45) is 0. The Balaban J connectivity index is 1.58. The zero-order valence-corrected chi connectivity index (χ0v) is 13.1. The molecule has 22 heavy (non-hydrogen) atoms. The maximum atomic E-state index is 5.93. The molecule has 1 atom stereocenters.